The molecular formula is C17H25ClN2O4. The van der Waals surface area contributed by atoms with Gasteiger partial charge in [-0.25, -0.2) is 4.98 Å². The fourth-order valence-corrected chi connectivity index (χ4v) is 2.49. The molecule has 0 bridgehead atoms. The van der Waals surface area contributed by atoms with E-state index in [4.69, 9.17) is 25.8 Å². The van der Waals surface area contributed by atoms with Crippen LogP contribution in [-0.4, -0.2) is 49.5 Å². The van der Waals surface area contributed by atoms with E-state index in [0.29, 0.717) is 42.8 Å². The van der Waals surface area contributed by atoms with Gasteiger partial charge < -0.3 is 19.5 Å². The molecule has 1 N–H and O–H groups in total. The number of nitrogens with zero attached hydrogens (tertiary/aromatic N) is 1. The number of ether oxygens (including phenoxy) is 3. The first-order chi connectivity index (χ1) is 11.6. The second-order valence-electron chi connectivity index (χ2n) is 5.97. The molecule has 1 aliphatic rings. The zero-order valence-electron chi connectivity index (χ0n) is 14.2. The standard InChI is InChI=1S/C17H25ClN2O4/c1-12(2)23-7-3-6-19-16(21)13-10-15(18)17(20-11-13)24-14-4-8-22-9-5-14/h10-12,14H,3-9H2,1-2H3,(H,19,21). The first kappa shape index (κ1) is 19.0. The summed E-state index contributed by atoms with van der Waals surface area (Å²) in [6.45, 7) is 6.50. The van der Waals surface area contributed by atoms with Crippen molar-refractivity contribution in [1.29, 1.82) is 0 Å². The van der Waals surface area contributed by atoms with Gasteiger partial charge in [-0.2, -0.15) is 0 Å². The van der Waals surface area contributed by atoms with Gasteiger partial charge in [0.2, 0.25) is 5.88 Å². The molecule has 6 nitrogen and oxygen atoms in total. The van der Waals surface area contributed by atoms with Crippen LogP contribution in [0.15, 0.2) is 12.3 Å². The summed E-state index contributed by atoms with van der Waals surface area (Å²) in [6, 6.07) is 1.59. The quantitative estimate of drug-likeness (QED) is 0.725. The minimum atomic E-state index is -0.202. The molecule has 7 heteroatoms. The molecule has 1 amide bonds. The first-order valence-corrected chi connectivity index (χ1v) is 8.74. The minimum Gasteiger partial charge on any atom is -0.473 e. The van der Waals surface area contributed by atoms with Gasteiger partial charge in [-0.15, -0.1) is 0 Å². The fraction of sp³-hybridized carbons (Fsp3) is 0.647. The summed E-state index contributed by atoms with van der Waals surface area (Å²) < 4.78 is 16.5. The van der Waals surface area contributed by atoms with E-state index in [1.807, 2.05) is 13.8 Å². The number of nitrogens with one attached hydrogen (secondary N) is 1. The van der Waals surface area contributed by atoms with E-state index >= 15 is 0 Å². The number of amides is 1. The van der Waals surface area contributed by atoms with Crippen molar-refractivity contribution in [2.45, 2.75) is 45.3 Å². The topological polar surface area (TPSA) is 69.7 Å². The van der Waals surface area contributed by atoms with E-state index < -0.39 is 0 Å². The molecule has 1 aliphatic heterocycles. The Balaban J connectivity index is 1.80. The highest BCUT2D eigenvalue weighted by Gasteiger charge is 2.18. The van der Waals surface area contributed by atoms with Crippen LogP contribution in [0.3, 0.4) is 0 Å². The second-order valence-corrected chi connectivity index (χ2v) is 6.38. The van der Waals surface area contributed by atoms with Crippen molar-refractivity contribution in [3.8, 4) is 5.88 Å². The van der Waals surface area contributed by atoms with Crippen LogP contribution in [0.2, 0.25) is 5.02 Å². The maximum absolute atomic E-state index is 12.1. The molecule has 0 atom stereocenters. The van der Waals surface area contributed by atoms with Gasteiger partial charge in [-0.3, -0.25) is 4.79 Å². The lowest BCUT2D eigenvalue weighted by Gasteiger charge is -2.23. The number of rotatable bonds is 8. The van der Waals surface area contributed by atoms with Crippen molar-refractivity contribution in [3.05, 3.63) is 22.8 Å². The molecule has 0 spiro atoms. The van der Waals surface area contributed by atoms with Crippen LogP contribution >= 0.6 is 11.6 Å². The Morgan fingerprint density at radius 1 is 1.46 bits per heavy atom. The van der Waals surface area contributed by atoms with Crippen LogP contribution in [0.1, 0.15) is 43.5 Å². The van der Waals surface area contributed by atoms with Crippen LogP contribution in [0.25, 0.3) is 0 Å². The lowest BCUT2D eigenvalue weighted by Crippen LogP contribution is -2.27. The summed E-state index contributed by atoms with van der Waals surface area (Å²) in [6.07, 6.45) is 4.14. The predicted octanol–water partition coefficient (Wildman–Crippen LogP) is 2.84. The van der Waals surface area contributed by atoms with E-state index in [0.717, 1.165) is 19.3 Å². The molecule has 0 aliphatic carbocycles. The SMILES string of the molecule is CC(C)OCCCNC(=O)c1cnc(OC2CCOCC2)c(Cl)c1. The van der Waals surface area contributed by atoms with E-state index in [-0.39, 0.29) is 18.1 Å². The van der Waals surface area contributed by atoms with Crippen molar-refractivity contribution >= 4 is 17.5 Å². The van der Waals surface area contributed by atoms with E-state index in [2.05, 4.69) is 10.3 Å². The molecule has 0 radical (unpaired) electrons. The third-order valence-electron chi connectivity index (χ3n) is 3.57. The van der Waals surface area contributed by atoms with Gasteiger partial charge in [0.15, 0.2) is 0 Å². The molecular weight excluding hydrogens is 332 g/mol. The lowest BCUT2D eigenvalue weighted by molar-refractivity contribution is 0.0238. The second kappa shape index (κ2) is 9.81. The van der Waals surface area contributed by atoms with Crippen molar-refractivity contribution < 1.29 is 19.0 Å². The molecule has 0 unspecified atom stereocenters. The van der Waals surface area contributed by atoms with Crippen LogP contribution in [-0.2, 0) is 9.47 Å². The van der Waals surface area contributed by atoms with Crippen LogP contribution in [0.4, 0.5) is 0 Å². The first-order valence-electron chi connectivity index (χ1n) is 8.36. The molecule has 1 aromatic rings. The van der Waals surface area contributed by atoms with E-state index in [1.165, 1.54) is 6.20 Å². The molecule has 1 aromatic heterocycles. The Morgan fingerprint density at radius 2 is 2.21 bits per heavy atom. The highest BCUT2D eigenvalue weighted by Crippen LogP contribution is 2.25. The van der Waals surface area contributed by atoms with Crippen LogP contribution in [0, 0.1) is 0 Å². The molecule has 134 valence electrons. The molecule has 1 saturated heterocycles. The zero-order chi connectivity index (χ0) is 17.4. The summed E-state index contributed by atoms with van der Waals surface area (Å²) >= 11 is 6.19. The van der Waals surface area contributed by atoms with E-state index in [1.54, 1.807) is 6.07 Å². The monoisotopic (exact) mass is 356 g/mol. The van der Waals surface area contributed by atoms with Crippen molar-refractivity contribution in [2.24, 2.45) is 0 Å². The Kier molecular flexibility index (Phi) is 7.75. The number of hydrogen-bond acceptors (Lipinski definition) is 5. The Hall–Kier alpha value is -1.37. The number of aromatic nitrogens is 1. The van der Waals surface area contributed by atoms with Gasteiger partial charge in [0.1, 0.15) is 11.1 Å². The summed E-state index contributed by atoms with van der Waals surface area (Å²) in [7, 11) is 0. The molecule has 0 aromatic carbocycles. The van der Waals surface area contributed by atoms with Gasteiger partial charge in [0, 0.05) is 32.2 Å². The van der Waals surface area contributed by atoms with Gasteiger partial charge in [-0.1, -0.05) is 11.6 Å². The normalized spacial score (nSPS) is 15.5. The Bertz CT molecular complexity index is 533. The summed E-state index contributed by atoms with van der Waals surface area (Å²) in [4.78, 5) is 16.3. The average molecular weight is 357 g/mol. The smallest absolute Gasteiger partial charge is 0.252 e. The highest BCUT2D eigenvalue weighted by atomic mass is 35.5. The van der Waals surface area contributed by atoms with Gasteiger partial charge >= 0.3 is 0 Å². The molecule has 24 heavy (non-hydrogen) atoms. The largest absolute Gasteiger partial charge is 0.473 e. The fourth-order valence-electron chi connectivity index (χ4n) is 2.28. The van der Waals surface area contributed by atoms with Gasteiger partial charge in [0.05, 0.1) is 24.9 Å². The van der Waals surface area contributed by atoms with Crippen molar-refractivity contribution in [3.63, 3.8) is 0 Å². The summed E-state index contributed by atoms with van der Waals surface area (Å²) in [5, 5.41) is 3.17. The number of carbonyl (C=O) groups is 1. The highest BCUT2D eigenvalue weighted by molar-refractivity contribution is 6.32. The lowest BCUT2D eigenvalue weighted by atomic mass is 10.1. The number of halogens is 1. The average Bonchev–Trinajstić information content (AvgIpc) is 2.57. The maximum Gasteiger partial charge on any atom is 0.252 e. The third-order valence-corrected chi connectivity index (χ3v) is 3.84. The molecule has 1 fully saturated rings. The maximum atomic E-state index is 12.1. The predicted molar refractivity (Wildman–Crippen MR) is 91.8 cm³/mol. The number of pyridine rings is 1. The number of hydrogen-bond donors (Lipinski definition) is 1. The van der Waals surface area contributed by atoms with Crippen LogP contribution < -0.4 is 10.1 Å². The summed E-state index contributed by atoms with van der Waals surface area (Å²) in [5.41, 5.74) is 0.420. The number of carbonyl (C=O) groups excluding carboxylic acids is 1. The molecule has 0 saturated carbocycles. The van der Waals surface area contributed by atoms with E-state index in [9.17, 15) is 4.79 Å². The molecule has 2 heterocycles. The minimum absolute atomic E-state index is 0.0596. The molecule has 2 rings (SSSR count). The summed E-state index contributed by atoms with van der Waals surface area (Å²) in [5.74, 6) is 0.164. The van der Waals surface area contributed by atoms with Crippen molar-refractivity contribution in [2.75, 3.05) is 26.4 Å². The third kappa shape index (κ3) is 6.26. The Labute approximate surface area is 147 Å². The van der Waals surface area contributed by atoms with Gasteiger partial charge in [0.25, 0.3) is 5.91 Å². The van der Waals surface area contributed by atoms with Gasteiger partial charge in [-0.05, 0) is 26.3 Å². The van der Waals surface area contributed by atoms with Crippen molar-refractivity contribution in [1.82, 2.24) is 10.3 Å². The Morgan fingerprint density at radius 3 is 2.88 bits per heavy atom. The van der Waals surface area contributed by atoms with Crippen LogP contribution in [0.5, 0.6) is 5.88 Å². The zero-order valence-corrected chi connectivity index (χ0v) is 15.0.